The van der Waals surface area contributed by atoms with E-state index < -0.39 is 5.67 Å². The van der Waals surface area contributed by atoms with Gasteiger partial charge in [-0.15, -0.1) is 6.58 Å². The molecule has 3 nitrogen and oxygen atoms in total. The maximum atomic E-state index is 14.8. The topological polar surface area (TPSA) is 42.0 Å². The van der Waals surface area contributed by atoms with E-state index in [1.54, 1.807) is 12.3 Å². The average Bonchev–Trinajstić information content (AvgIpc) is 2.85. The van der Waals surface area contributed by atoms with Crippen LogP contribution in [0.25, 0.3) is 21.9 Å². The van der Waals surface area contributed by atoms with Crippen LogP contribution in [0.2, 0.25) is 0 Å². The fraction of sp³-hybridized carbons (Fsp3) is 0.200. The molecule has 0 aliphatic heterocycles. The lowest BCUT2D eigenvalue weighted by molar-refractivity contribution is -0.116. The van der Waals surface area contributed by atoms with E-state index >= 15 is 0 Å². The maximum absolute atomic E-state index is 14.8. The highest BCUT2D eigenvalue weighted by Crippen LogP contribution is 2.31. The zero-order chi connectivity index (χ0) is 24.8. The lowest BCUT2D eigenvalue weighted by Crippen LogP contribution is -2.15. The number of fused-ring (bicyclic) bond motifs is 1. The van der Waals surface area contributed by atoms with Crippen molar-refractivity contribution in [3.05, 3.63) is 109 Å². The van der Waals surface area contributed by atoms with Crippen molar-refractivity contribution in [2.75, 3.05) is 5.32 Å². The Morgan fingerprint density at radius 2 is 1.91 bits per heavy atom. The smallest absolute Gasteiger partial charge is 0.224 e. The number of nitrogens with one attached hydrogen (secondary N) is 1. The van der Waals surface area contributed by atoms with Gasteiger partial charge in [-0.3, -0.25) is 9.78 Å². The maximum Gasteiger partial charge on any atom is 0.224 e. The summed E-state index contributed by atoms with van der Waals surface area (Å²) in [5, 5.41) is 5.09. The van der Waals surface area contributed by atoms with E-state index in [0.29, 0.717) is 29.7 Å². The molecule has 1 N–H and O–H groups in total. The summed E-state index contributed by atoms with van der Waals surface area (Å²) in [5.74, 6) is -0.532. The van der Waals surface area contributed by atoms with Crippen LogP contribution in [0.1, 0.15) is 37.3 Å². The Kier molecular flexibility index (Phi) is 7.35. The molecule has 1 unspecified atom stereocenters. The lowest BCUT2D eigenvalue weighted by atomic mass is 9.92. The van der Waals surface area contributed by atoms with E-state index in [1.807, 2.05) is 48.7 Å². The van der Waals surface area contributed by atoms with Crippen LogP contribution in [0.3, 0.4) is 0 Å². The van der Waals surface area contributed by atoms with E-state index in [9.17, 15) is 13.6 Å². The van der Waals surface area contributed by atoms with E-state index in [2.05, 4.69) is 22.9 Å². The van der Waals surface area contributed by atoms with Gasteiger partial charge in [0, 0.05) is 36.3 Å². The molecule has 178 valence electrons. The summed E-state index contributed by atoms with van der Waals surface area (Å²) < 4.78 is 29.0. The molecule has 0 radical (unpaired) electrons. The van der Waals surface area contributed by atoms with Crippen molar-refractivity contribution in [3.8, 4) is 11.1 Å². The van der Waals surface area contributed by atoms with Crippen LogP contribution in [0.15, 0.2) is 91.8 Å². The minimum absolute atomic E-state index is 0.146. The van der Waals surface area contributed by atoms with Gasteiger partial charge in [-0.2, -0.15) is 0 Å². The standard InChI is InChI=1S/C30H28F2N2O/c1-3-17-30(2,32)24-12-15-28(31)22(19-24)6-5-9-29(35)34-25-13-10-21(11-14-25)26-8-4-7-23-20-33-18-16-27(23)26/h3-4,7-8,10-16,18-20H,1,5-6,9,17H2,2H3,(H,34,35). The Balaban J connectivity index is 1.35. The van der Waals surface area contributed by atoms with Gasteiger partial charge in [-0.05, 0) is 77.7 Å². The molecule has 0 bridgehead atoms. The van der Waals surface area contributed by atoms with Crippen molar-refractivity contribution >= 4 is 22.4 Å². The Morgan fingerprint density at radius 1 is 1.11 bits per heavy atom. The van der Waals surface area contributed by atoms with Gasteiger partial charge in [0.25, 0.3) is 0 Å². The van der Waals surface area contributed by atoms with Crippen LogP contribution < -0.4 is 5.32 Å². The van der Waals surface area contributed by atoms with Gasteiger partial charge < -0.3 is 5.32 Å². The monoisotopic (exact) mass is 470 g/mol. The number of carbonyl (C=O) groups excluding carboxylic acids is 1. The third-order valence-electron chi connectivity index (χ3n) is 6.19. The van der Waals surface area contributed by atoms with Gasteiger partial charge in [-0.1, -0.05) is 42.5 Å². The van der Waals surface area contributed by atoms with Gasteiger partial charge in [0.05, 0.1) is 0 Å². The first-order valence-corrected chi connectivity index (χ1v) is 11.7. The number of allylic oxidation sites excluding steroid dienone is 1. The number of nitrogens with zero attached hydrogens (tertiary/aromatic N) is 1. The predicted octanol–water partition coefficient (Wildman–Crippen LogP) is 7.76. The number of alkyl halides is 1. The number of hydrogen-bond acceptors (Lipinski definition) is 2. The zero-order valence-corrected chi connectivity index (χ0v) is 19.7. The number of aryl methyl sites for hydroxylation is 1. The van der Waals surface area contributed by atoms with Crippen LogP contribution >= 0.6 is 0 Å². The third-order valence-corrected chi connectivity index (χ3v) is 6.19. The number of benzene rings is 3. The van der Waals surface area contributed by atoms with E-state index in [1.165, 1.54) is 25.1 Å². The first kappa shape index (κ1) is 24.3. The molecule has 35 heavy (non-hydrogen) atoms. The highest BCUT2D eigenvalue weighted by Gasteiger charge is 2.25. The van der Waals surface area contributed by atoms with Crippen molar-refractivity contribution in [1.82, 2.24) is 4.98 Å². The van der Waals surface area contributed by atoms with Crippen molar-refractivity contribution in [2.45, 2.75) is 38.3 Å². The third kappa shape index (κ3) is 5.80. The van der Waals surface area contributed by atoms with Crippen molar-refractivity contribution in [2.24, 2.45) is 0 Å². The van der Waals surface area contributed by atoms with Crippen molar-refractivity contribution in [3.63, 3.8) is 0 Å². The highest BCUT2D eigenvalue weighted by atomic mass is 19.1. The van der Waals surface area contributed by atoms with Crippen molar-refractivity contribution in [1.29, 1.82) is 0 Å². The van der Waals surface area contributed by atoms with E-state index in [0.717, 1.165) is 21.9 Å². The van der Waals surface area contributed by atoms with Crippen LogP contribution in [-0.4, -0.2) is 10.9 Å². The van der Waals surface area contributed by atoms with Crippen LogP contribution in [0.4, 0.5) is 14.5 Å². The molecule has 1 atom stereocenters. The Labute approximate surface area is 204 Å². The summed E-state index contributed by atoms with van der Waals surface area (Å²) >= 11 is 0. The quantitative estimate of drug-likeness (QED) is 0.254. The van der Waals surface area contributed by atoms with Crippen molar-refractivity contribution < 1.29 is 13.6 Å². The molecule has 1 heterocycles. The number of anilines is 1. The fourth-order valence-electron chi connectivity index (χ4n) is 4.25. The van der Waals surface area contributed by atoms with Gasteiger partial charge in [0.1, 0.15) is 11.5 Å². The SMILES string of the molecule is C=CCC(C)(F)c1ccc(F)c(CCCC(=O)Nc2ccc(-c3cccc4cnccc34)cc2)c1. The summed E-state index contributed by atoms with van der Waals surface area (Å²) in [6.07, 6.45) is 6.33. The molecule has 4 aromatic rings. The number of pyridine rings is 1. The molecule has 1 aromatic heterocycles. The van der Waals surface area contributed by atoms with Crippen LogP contribution in [0, 0.1) is 5.82 Å². The Morgan fingerprint density at radius 3 is 2.69 bits per heavy atom. The second-order valence-corrected chi connectivity index (χ2v) is 8.88. The van der Waals surface area contributed by atoms with Gasteiger partial charge in [0.2, 0.25) is 5.91 Å². The Bertz CT molecular complexity index is 1340. The Hall–Kier alpha value is -3.86. The largest absolute Gasteiger partial charge is 0.326 e. The number of amides is 1. The molecule has 3 aromatic carbocycles. The number of aromatic nitrogens is 1. The summed E-state index contributed by atoms with van der Waals surface area (Å²) in [7, 11) is 0. The summed E-state index contributed by atoms with van der Waals surface area (Å²) in [6.45, 7) is 5.05. The molecule has 0 aliphatic carbocycles. The van der Waals surface area contributed by atoms with E-state index in [-0.39, 0.29) is 24.6 Å². The molecule has 0 fully saturated rings. The second kappa shape index (κ2) is 10.6. The fourth-order valence-corrected chi connectivity index (χ4v) is 4.25. The summed E-state index contributed by atoms with van der Waals surface area (Å²) in [6, 6.07) is 20.1. The van der Waals surface area contributed by atoms with Gasteiger partial charge >= 0.3 is 0 Å². The minimum atomic E-state index is -1.60. The minimum Gasteiger partial charge on any atom is -0.326 e. The molecule has 0 saturated carbocycles. The molecule has 0 spiro atoms. The molecule has 5 heteroatoms. The number of halogens is 2. The first-order valence-electron chi connectivity index (χ1n) is 11.7. The molecule has 0 aliphatic rings. The normalized spacial score (nSPS) is 12.8. The predicted molar refractivity (Wildman–Crippen MR) is 138 cm³/mol. The summed E-state index contributed by atoms with van der Waals surface area (Å²) in [5.41, 5.74) is 2.08. The molecular weight excluding hydrogens is 442 g/mol. The highest BCUT2D eigenvalue weighted by molar-refractivity contribution is 5.96. The summed E-state index contributed by atoms with van der Waals surface area (Å²) in [4.78, 5) is 16.6. The van der Waals surface area contributed by atoms with Gasteiger partial charge in [-0.25, -0.2) is 8.78 Å². The molecule has 4 rings (SSSR count). The number of rotatable bonds is 9. The zero-order valence-electron chi connectivity index (χ0n) is 19.7. The second-order valence-electron chi connectivity index (χ2n) is 8.88. The lowest BCUT2D eigenvalue weighted by Gasteiger charge is -2.20. The van der Waals surface area contributed by atoms with E-state index in [4.69, 9.17) is 0 Å². The van der Waals surface area contributed by atoms with Crippen LogP contribution in [0.5, 0.6) is 0 Å². The molecule has 0 saturated heterocycles. The van der Waals surface area contributed by atoms with Crippen LogP contribution in [-0.2, 0) is 16.9 Å². The number of carbonyl (C=O) groups is 1. The first-order chi connectivity index (χ1) is 16.9. The number of hydrogen-bond donors (Lipinski definition) is 1. The molecule has 1 amide bonds. The average molecular weight is 471 g/mol. The van der Waals surface area contributed by atoms with Gasteiger partial charge in [0.15, 0.2) is 0 Å². The molecular formula is C30H28F2N2O.